The van der Waals surface area contributed by atoms with Crippen LogP contribution in [0.25, 0.3) is 0 Å². The molecule has 0 bridgehead atoms. The zero-order chi connectivity index (χ0) is 9.90. The van der Waals surface area contributed by atoms with Crippen molar-refractivity contribution < 1.29 is 0 Å². The summed E-state index contributed by atoms with van der Waals surface area (Å²) in [5.74, 6) is 0. The lowest BCUT2D eigenvalue weighted by atomic mass is 9.73. The third-order valence-corrected chi connectivity index (χ3v) is 3.13. The van der Waals surface area contributed by atoms with Crippen LogP contribution < -0.4 is 0 Å². The quantitative estimate of drug-likeness (QED) is 0.644. The van der Waals surface area contributed by atoms with Crippen LogP contribution in [-0.4, -0.2) is 49.1 Å². The van der Waals surface area contributed by atoms with E-state index in [0.717, 1.165) is 5.41 Å². The molecule has 0 radical (unpaired) electrons. The van der Waals surface area contributed by atoms with Crippen LogP contribution in [0.15, 0.2) is 0 Å². The molecule has 78 valence electrons. The van der Waals surface area contributed by atoms with Crippen LogP contribution in [0.1, 0.15) is 27.7 Å². The minimum atomic E-state index is 0.742. The molecule has 0 aromatic carbocycles. The van der Waals surface area contributed by atoms with Gasteiger partial charge in [-0.2, -0.15) is 0 Å². The van der Waals surface area contributed by atoms with Crippen molar-refractivity contribution in [2.24, 2.45) is 5.41 Å². The molecule has 2 saturated heterocycles. The topological polar surface area (TPSA) is 6.48 Å². The summed E-state index contributed by atoms with van der Waals surface area (Å²) in [7, 11) is 0. The van der Waals surface area contributed by atoms with Gasteiger partial charge < -0.3 is 9.80 Å². The Morgan fingerprint density at radius 2 is 1.15 bits per heavy atom. The highest BCUT2D eigenvalue weighted by atomic mass is 15.3. The Bertz CT molecular complexity index is 123. The first-order valence-electron chi connectivity index (χ1n) is 5.73. The summed E-state index contributed by atoms with van der Waals surface area (Å²) in [4.78, 5) is 5.07. The summed E-state index contributed by atoms with van der Waals surface area (Å²) in [6.07, 6.45) is 0. The van der Waals surface area contributed by atoms with Gasteiger partial charge in [-0.3, -0.25) is 0 Å². The minimum absolute atomic E-state index is 0.742. The van der Waals surface area contributed by atoms with Gasteiger partial charge in [0.15, 0.2) is 0 Å². The fourth-order valence-corrected chi connectivity index (χ4v) is 2.45. The normalized spacial score (nSPS) is 25.8. The van der Waals surface area contributed by atoms with E-state index in [1.54, 1.807) is 0 Å². The van der Waals surface area contributed by atoms with Gasteiger partial charge in [-0.25, -0.2) is 0 Å². The predicted octanol–water partition coefficient (Wildman–Crippen LogP) is 1.67. The molecule has 2 rings (SSSR count). The van der Waals surface area contributed by atoms with Crippen molar-refractivity contribution in [3.63, 3.8) is 0 Å². The summed E-state index contributed by atoms with van der Waals surface area (Å²) in [5.41, 5.74) is 0.742. The predicted molar refractivity (Wildman–Crippen MR) is 58.0 cm³/mol. The van der Waals surface area contributed by atoms with Crippen LogP contribution in [0.4, 0.5) is 0 Å². The number of rotatable bonds is 2. The second-order valence-electron chi connectivity index (χ2n) is 4.11. The van der Waals surface area contributed by atoms with Crippen molar-refractivity contribution >= 4 is 0 Å². The smallest absolute Gasteiger partial charge is 0.0212 e. The molecule has 0 amide bonds. The van der Waals surface area contributed by atoms with E-state index in [1.165, 1.54) is 39.3 Å². The summed E-state index contributed by atoms with van der Waals surface area (Å²) in [6, 6.07) is 0. The first-order valence-corrected chi connectivity index (χ1v) is 5.73. The van der Waals surface area contributed by atoms with E-state index < -0.39 is 0 Å². The second-order valence-corrected chi connectivity index (χ2v) is 4.11. The molecular formula is C11H24N2. The zero-order valence-corrected chi connectivity index (χ0v) is 9.64. The zero-order valence-electron chi connectivity index (χ0n) is 9.64. The Morgan fingerprint density at radius 3 is 1.38 bits per heavy atom. The van der Waals surface area contributed by atoms with Gasteiger partial charge in [0.05, 0.1) is 0 Å². The van der Waals surface area contributed by atoms with Crippen molar-refractivity contribution in [2.45, 2.75) is 27.7 Å². The molecule has 2 aliphatic rings. The summed E-state index contributed by atoms with van der Waals surface area (Å²) in [6.45, 7) is 16.4. The van der Waals surface area contributed by atoms with Crippen LogP contribution in [0.5, 0.6) is 0 Å². The molecule has 0 unspecified atom stereocenters. The van der Waals surface area contributed by atoms with Crippen LogP contribution in [0.3, 0.4) is 0 Å². The van der Waals surface area contributed by atoms with E-state index in [-0.39, 0.29) is 0 Å². The average Bonchev–Trinajstić information content (AvgIpc) is 2.04. The number of hydrogen-bond donors (Lipinski definition) is 0. The molecule has 0 atom stereocenters. The second kappa shape index (κ2) is 4.43. The van der Waals surface area contributed by atoms with Crippen molar-refractivity contribution in [3.8, 4) is 0 Å². The van der Waals surface area contributed by atoms with Gasteiger partial charge in [0.25, 0.3) is 0 Å². The molecule has 0 N–H and O–H groups in total. The van der Waals surface area contributed by atoms with Crippen molar-refractivity contribution in [3.05, 3.63) is 0 Å². The first kappa shape index (κ1) is 11.0. The van der Waals surface area contributed by atoms with Crippen molar-refractivity contribution in [1.82, 2.24) is 9.80 Å². The maximum Gasteiger partial charge on any atom is 0.0212 e. The van der Waals surface area contributed by atoms with Gasteiger partial charge in [0.2, 0.25) is 0 Å². The van der Waals surface area contributed by atoms with E-state index in [1.807, 2.05) is 13.8 Å². The number of likely N-dealkylation sites (tertiary alicyclic amines) is 2. The van der Waals surface area contributed by atoms with Gasteiger partial charge >= 0.3 is 0 Å². The SMILES string of the molecule is CC.CCN1CC2(C1)CN(CC)C2. The molecule has 2 heteroatoms. The highest BCUT2D eigenvalue weighted by Gasteiger charge is 2.50. The Morgan fingerprint density at radius 1 is 0.846 bits per heavy atom. The lowest BCUT2D eigenvalue weighted by Gasteiger charge is -2.60. The van der Waals surface area contributed by atoms with E-state index in [9.17, 15) is 0 Å². The van der Waals surface area contributed by atoms with Crippen LogP contribution in [0.2, 0.25) is 0 Å². The lowest BCUT2D eigenvalue weighted by molar-refractivity contribution is -0.110. The molecule has 2 aliphatic heterocycles. The van der Waals surface area contributed by atoms with E-state index >= 15 is 0 Å². The molecule has 1 spiro atoms. The third kappa shape index (κ3) is 2.05. The maximum atomic E-state index is 2.53. The molecule has 2 fully saturated rings. The van der Waals surface area contributed by atoms with Crippen LogP contribution >= 0.6 is 0 Å². The van der Waals surface area contributed by atoms with Gasteiger partial charge in [-0.15, -0.1) is 0 Å². The highest BCUT2D eigenvalue weighted by Crippen LogP contribution is 2.38. The first-order chi connectivity index (χ1) is 6.28. The molecule has 0 saturated carbocycles. The Hall–Kier alpha value is -0.0800. The average molecular weight is 184 g/mol. The van der Waals surface area contributed by atoms with Gasteiger partial charge in [0.1, 0.15) is 0 Å². The van der Waals surface area contributed by atoms with Crippen LogP contribution in [0, 0.1) is 5.41 Å². The standard InChI is InChI=1S/C9H18N2.C2H6/c1-3-10-5-9(6-10)7-11(4-2)8-9;1-2/h3-8H2,1-2H3;1-2H3. The van der Waals surface area contributed by atoms with E-state index in [2.05, 4.69) is 23.6 Å². The molecule has 2 heterocycles. The Kier molecular flexibility index (Phi) is 3.74. The molecule has 2 nitrogen and oxygen atoms in total. The monoisotopic (exact) mass is 184 g/mol. The summed E-state index contributed by atoms with van der Waals surface area (Å²) < 4.78 is 0. The lowest BCUT2D eigenvalue weighted by Crippen LogP contribution is -2.71. The van der Waals surface area contributed by atoms with Crippen molar-refractivity contribution in [1.29, 1.82) is 0 Å². The maximum absolute atomic E-state index is 2.53. The minimum Gasteiger partial charge on any atom is -0.302 e. The Balaban J connectivity index is 0.000000396. The molecule has 0 aromatic rings. The molecular weight excluding hydrogens is 160 g/mol. The van der Waals surface area contributed by atoms with Crippen LogP contribution in [-0.2, 0) is 0 Å². The van der Waals surface area contributed by atoms with E-state index in [4.69, 9.17) is 0 Å². The number of hydrogen-bond acceptors (Lipinski definition) is 2. The molecule has 0 aliphatic carbocycles. The Labute approximate surface area is 82.9 Å². The number of nitrogens with zero attached hydrogens (tertiary/aromatic N) is 2. The summed E-state index contributed by atoms with van der Waals surface area (Å²) >= 11 is 0. The fraction of sp³-hybridized carbons (Fsp3) is 1.00. The fourth-order valence-electron chi connectivity index (χ4n) is 2.45. The van der Waals surface area contributed by atoms with Gasteiger partial charge in [-0.05, 0) is 13.1 Å². The summed E-state index contributed by atoms with van der Waals surface area (Å²) in [5, 5.41) is 0. The third-order valence-electron chi connectivity index (χ3n) is 3.13. The van der Waals surface area contributed by atoms with Crippen molar-refractivity contribution in [2.75, 3.05) is 39.3 Å². The van der Waals surface area contributed by atoms with Gasteiger partial charge in [-0.1, -0.05) is 27.7 Å². The largest absolute Gasteiger partial charge is 0.302 e. The molecule has 0 aromatic heterocycles. The molecule has 13 heavy (non-hydrogen) atoms. The van der Waals surface area contributed by atoms with E-state index in [0.29, 0.717) is 0 Å². The highest BCUT2D eigenvalue weighted by molar-refractivity contribution is 5.04. The van der Waals surface area contributed by atoms with Gasteiger partial charge in [0, 0.05) is 31.6 Å².